The van der Waals surface area contributed by atoms with Crippen LogP contribution in [0.25, 0.3) is 0 Å². The topological polar surface area (TPSA) is 35.5 Å². The minimum Gasteiger partial charge on any atom is -0.490 e. The molecule has 0 amide bonds. The number of para-hydroxylation sites is 1. The maximum absolute atomic E-state index is 11.2. The Labute approximate surface area is 96.4 Å². The predicted octanol–water partition coefficient (Wildman–Crippen LogP) is 2.72. The van der Waals surface area contributed by atoms with E-state index in [9.17, 15) is 4.79 Å². The van der Waals surface area contributed by atoms with E-state index in [0.29, 0.717) is 6.61 Å². The van der Waals surface area contributed by atoms with Crippen LogP contribution >= 0.6 is 0 Å². The molecule has 3 nitrogen and oxygen atoms in total. The molecule has 0 aromatic heterocycles. The third-order valence-corrected chi connectivity index (χ3v) is 2.18. The SMILES string of the molecule is CCOC(=O)C[C@@H](C)Oc1ccccc1C. The van der Waals surface area contributed by atoms with Crippen molar-refractivity contribution >= 4 is 5.97 Å². The molecule has 16 heavy (non-hydrogen) atoms. The predicted molar refractivity (Wildman–Crippen MR) is 62.5 cm³/mol. The van der Waals surface area contributed by atoms with E-state index in [4.69, 9.17) is 9.47 Å². The summed E-state index contributed by atoms with van der Waals surface area (Å²) in [6.07, 6.45) is 0.113. The van der Waals surface area contributed by atoms with E-state index in [0.717, 1.165) is 11.3 Å². The number of hydrogen-bond acceptors (Lipinski definition) is 3. The fourth-order valence-electron chi connectivity index (χ4n) is 1.40. The highest BCUT2D eigenvalue weighted by Crippen LogP contribution is 2.18. The van der Waals surface area contributed by atoms with Crippen LogP contribution in [0.1, 0.15) is 25.8 Å². The van der Waals surface area contributed by atoms with Crippen molar-refractivity contribution in [2.45, 2.75) is 33.3 Å². The minimum atomic E-state index is -0.219. The van der Waals surface area contributed by atoms with Gasteiger partial charge in [-0.05, 0) is 32.4 Å². The van der Waals surface area contributed by atoms with Gasteiger partial charge in [0.1, 0.15) is 11.9 Å². The van der Waals surface area contributed by atoms with Gasteiger partial charge in [-0.25, -0.2) is 0 Å². The number of benzene rings is 1. The largest absolute Gasteiger partial charge is 0.490 e. The van der Waals surface area contributed by atoms with Gasteiger partial charge in [-0.2, -0.15) is 0 Å². The summed E-state index contributed by atoms with van der Waals surface area (Å²) in [6, 6.07) is 7.75. The van der Waals surface area contributed by atoms with Crippen molar-refractivity contribution < 1.29 is 14.3 Å². The second-order valence-electron chi connectivity index (χ2n) is 3.70. The Morgan fingerprint density at radius 2 is 2.06 bits per heavy atom. The van der Waals surface area contributed by atoms with Gasteiger partial charge in [0.2, 0.25) is 0 Å². The summed E-state index contributed by atoms with van der Waals surface area (Å²) < 4.78 is 10.5. The number of carbonyl (C=O) groups excluding carboxylic acids is 1. The molecule has 3 heteroatoms. The van der Waals surface area contributed by atoms with Crippen molar-refractivity contribution in [3.8, 4) is 5.75 Å². The summed E-state index contributed by atoms with van der Waals surface area (Å²) in [5, 5.41) is 0. The Hall–Kier alpha value is -1.51. The first-order valence-electron chi connectivity index (χ1n) is 5.51. The lowest BCUT2D eigenvalue weighted by molar-refractivity contribution is -0.144. The molecule has 0 bridgehead atoms. The van der Waals surface area contributed by atoms with Gasteiger partial charge in [-0.1, -0.05) is 18.2 Å². The van der Waals surface area contributed by atoms with E-state index in [-0.39, 0.29) is 18.5 Å². The summed E-state index contributed by atoms with van der Waals surface area (Å²) in [6.45, 7) is 6.05. The van der Waals surface area contributed by atoms with E-state index in [1.807, 2.05) is 38.1 Å². The van der Waals surface area contributed by atoms with Crippen LogP contribution in [-0.2, 0) is 9.53 Å². The lowest BCUT2D eigenvalue weighted by Gasteiger charge is -2.15. The number of esters is 1. The minimum absolute atomic E-state index is 0.167. The second-order valence-corrected chi connectivity index (χ2v) is 3.70. The van der Waals surface area contributed by atoms with Crippen molar-refractivity contribution in [1.29, 1.82) is 0 Å². The lowest BCUT2D eigenvalue weighted by Crippen LogP contribution is -2.19. The Morgan fingerprint density at radius 3 is 2.69 bits per heavy atom. The van der Waals surface area contributed by atoms with Crippen LogP contribution in [0.15, 0.2) is 24.3 Å². The number of carbonyl (C=O) groups is 1. The zero-order valence-corrected chi connectivity index (χ0v) is 10.0. The molecule has 0 aliphatic carbocycles. The highest BCUT2D eigenvalue weighted by atomic mass is 16.5. The number of rotatable bonds is 5. The Balaban J connectivity index is 2.48. The van der Waals surface area contributed by atoms with Crippen LogP contribution in [0, 0.1) is 6.92 Å². The van der Waals surface area contributed by atoms with Crippen LogP contribution in [0.5, 0.6) is 5.75 Å². The van der Waals surface area contributed by atoms with E-state index in [1.165, 1.54) is 0 Å². The monoisotopic (exact) mass is 222 g/mol. The van der Waals surface area contributed by atoms with Crippen LogP contribution < -0.4 is 4.74 Å². The molecule has 0 saturated heterocycles. The maximum Gasteiger partial charge on any atom is 0.309 e. The van der Waals surface area contributed by atoms with Crippen LogP contribution in [-0.4, -0.2) is 18.7 Å². The zero-order chi connectivity index (χ0) is 12.0. The molecule has 88 valence electrons. The van der Waals surface area contributed by atoms with E-state index in [1.54, 1.807) is 6.92 Å². The van der Waals surface area contributed by atoms with Gasteiger partial charge < -0.3 is 9.47 Å². The Kier molecular flexibility index (Phi) is 4.83. The third-order valence-electron chi connectivity index (χ3n) is 2.18. The molecule has 1 aromatic carbocycles. The van der Waals surface area contributed by atoms with Gasteiger partial charge in [0.05, 0.1) is 13.0 Å². The summed E-state index contributed by atoms with van der Waals surface area (Å²) in [4.78, 5) is 11.2. The van der Waals surface area contributed by atoms with E-state index < -0.39 is 0 Å². The average Bonchev–Trinajstić information content (AvgIpc) is 2.21. The van der Waals surface area contributed by atoms with Crippen molar-refractivity contribution in [1.82, 2.24) is 0 Å². The normalized spacial score (nSPS) is 11.9. The molecule has 0 unspecified atom stereocenters. The fraction of sp³-hybridized carbons (Fsp3) is 0.462. The summed E-state index contributed by atoms with van der Waals surface area (Å²) >= 11 is 0. The van der Waals surface area contributed by atoms with Crippen molar-refractivity contribution in [3.63, 3.8) is 0 Å². The lowest BCUT2D eigenvalue weighted by atomic mass is 10.2. The van der Waals surface area contributed by atoms with Crippen molar-refractivity contribution in [2.75, 3.05) is 6.61 Å². The van der Waals surface area contributed by atoms with Gasteiger partial charge in [-0.15, -0.1) is 0 Å². The molecule has 0 saturated carbocycles. The van der Waals surface area contributed by atoms with Crippen LogP contribution in [0.2, 0.25) is 0 Å². The molecule has 0 N–H and O–H groups in total. The molecule has 0 heterocycles. The van der Waals surface area contributed by atoms with Gasteiger partial charge in [0.25, 0.3) is 0 Å². The Bertz CT molecular complexity index is 347. The quantitative estimate of drug-likeness (QED) is 0.718. The third kappa shape index (κ3) is 3.93. The second kappa shape index (κ2) is 6.16. The summed E-state index contributed by atoms with van der Waals surface area (Å²) in [5.41, 5.74) is 1.07. The Morgan fingerprint density at radius 1 is 1.38 bits per heavy atom. The number of hydrogen-bond donors (Lipinski definition) is 0. The molecule has 0 aliphatic rings. The fourth-order valence-corrected chi connectivity index (χ4v) is 1.40. The summed E-state index contributed by atoms with van der Waals surface area (Å²) in [7, 11) is 0. The average molecular weight is 222 g/mol. The molecule has 1 atom stereocenters. The number of ether oxygens (including phenoxy) is 2. The number of aryl methyl sites for hydroxylation is 1. The van der Waals surface area contributed by atoms with Gasteiger partial charge in [0.15, 0.2) is 0 Å². The molecule has 1 aromatic rings. The molecular weight excluding hydrogens is 204 g/mol. The molecule has 0 radical (unpaired) electrons. The molecular formula is C13H18O3. The van der Waals surface area contributed by atoms with E-state index in [2.05, 4.69) is 0 Å². The molecule has 0 fully saturated rings. The smallest absolute Gasteiger partial charge is 0.309 e. The maximum atomic E-state index is 11.2. The first kappa shape index (κ1) is 12.6. The van der Waals surface area contributed by atoms with Crippen molar-refractivity contribution in [3.05, 3.63) is 29.8 Å². The van der Waals surface area contributed by atoms with Gasteiger partial charge in [-0.3, -0.25) is 4.79 Å². The molecule has 0 spiro atoms. The van der Waals surface area contributed by atoms with Crippen molar-refractivity contribution in [2.24, 2.45) is 0 Å². The first-order valence-corrected chi connectivity index (χ1v) is 5.51. The molecule has 0 aliphatic heterocycles. The standard InChI is InChI=1S/C13H18O3/c1-4-15-13(14)9-11(3)16-12-8-6-5-7-10(12)2/h5-8,11H,4,9H2,1-3H3/t11-/m1/s1. The van der Waals surface area contributed by atoms with E-state index >= 15 is 0 Å². The summed E-state index contributed by atoms with van der Waals surface area (Å²) in [5.74, 6) is 0.600. The van der Waals surface area contributed by atoms with Crippen LogP contribution in [0.3, 0.4) is 0 Å². The van der Waals surface area contributed by atoms with Gasteiger partial charge in [0, 0.05) is 0 Å². The first-order chi connectivity index (χ1) is 7.63. The zero-order valence-electron chi connectivity index (χ0n) is 10.0. The van der Waals surface area contributed by atoms with Crippen LogP contribution in [0.4, 0.5) is 0 Å². The highest BCUT2D eigenvalue weighted by molar-refractivity contribution is 5.69. The molecule has 1 rings (SSSR count). The highest BCUT2D eigenvalue weighted by Gasteiger charge is 2.11. The van der Waals surface area contributed by atoms with Gasteiger partial charge >= 0.3 is 5.97 Å².